The summed E-state index contributed by atoms with van der Waals surface area (Å²) in [5.74, 6) is 2.11. The average molecular weight is 427 g/mol. The van der Waals surface area contributed by atoms with Gasteiger partial charge in [0, 0.05) is 43.1 Å². The Hall–Kier alpha value is -1.99. The van der Waals surface area contributed by atoms with Gasteiger partial charge in [0.2, 0.25) is 5.95 Å². The SMILES string of the molecule is CCCC(C)Nc1ncc2c(N3CC[C@H](N(C)C)C3)ncc(C3CCC(O)CC3)c2n1. The molecule has 1 aliphatic heterocycles. The Morgan fingerprint density at radius 2 is 1.94 bits per heavy atom. The number of rotatable bonds is 7. The summed E-state index contributed by atoms with van der Waals surface area (Å²) in [6.45, 7) is 6.37. The molecule has 170 valence electrons. The third-order valence-corrected chi connectivity index (χ3v) is 7.06. The number of aliphatic hydroxyl groups excluding tert-OH is 1. The molecule has 4 rings (SSSR count). The predicted octanol–water partition coefficient (Wildman–Crippen LogP) is 3.78. The number of nitrogens with zero attached hydrogens (tertiary/aromatic N) is 5. The molecule has 7 heteroatoms. The third-order valence-electron chi connectivity index (χ3n) is 7.06. The highest BCUT2D eigenvalue weighted by Gasteiger charge is 2.29. The topological polar surface area (TPSA) is 77.4 Å². The molecule has 1 saturated heterocycles. The molecule has 3 heterocycles. The van der Waals surface area contributed by atoms with E-state index in [-0.39, 0.29) is 6.10 Å². The standard InChI is InChI=1S/C24H38N6O/c1-5-6-16(2)27-24-26-14-21-22(28-24)20(17-7-9-19(31)10-8-17)13-25-23(21)30-12-11-18(15-30)29(3)4/h13-14,16-19,31H,5-12,15H2,1-4H3,(H,26,27,28)/t16?,17?,18-,19?/m0/s1. The van der Waals surface area contributed by atoms with Crippen LogP contribution in [-0.2, 0) is 0 Å². The minimum atomic E-state index is -0.163. The minimum absolute atomic E-state index is 0.163. The molecule has 1 saturated carbocycles. The van der Waals surface area contributed by atoms with E-state index in [0.717, 1.165) is 74.8 Å². The van der Waals surface area contributed by atoms with E-state index in [1.54, 1.807) is 0 Å². The molecule has 1 unspecified atom stereocenters. The first-order valence-corrected chi connectivity index (χ1v) is 12.0. The molecule has 7 nitrogen and oxygen atoms in total. The van der Waals surface area contributed by atoms with E-state index in [2.05, 4.69) is 54.2 Å². The molecule has 0 aromatic carbocycles. The number of aromatic nitrogens is 3. The summed E-state index contributed by atoms with van der Waals surface area (Å²) >= 11 is 0. The normalized spacial score (nSPS) is 25.4. The third kappa shape index (κ3) is 4.93. The lowest BCUT2D eigenvalue weighted by atomic mass is 9.82. The van der Waals surface area contributed by atoms with Crippen LogP contribution in [0.25, 0.3) is 10.9 Å². The summed E-state index contributed by atoms with van der Waals surface area (Å²) in [5.41, 5.74) is 2.24. The quantitative estimate of drug-likeness (QED) is 0.697. The maximum absolute atomic E-state index is 9.98. The molecule has 2 N–H and O–H groups in total. The van der Waals surface area contributed by atoms with Crippen LogP contribution in [0.2, 0.25) is 0 Å². The number of nitrogens with one attached hydrogen (secondary N) is 1. The smallest absolute Gasteiger partial charge is 0.223 e. The van der Waals surface area contributed by atoms with E-state index >= 15 is 0 Å². The van der Waals surface area contributed by atoms with Crippen LogP contribution in [-0.4, -0.2) is 70.3 Å². The van der Waals surface area contributed by atoms with Crippen LogP contribution in [0, 0.1) is 0 Å². The van der Waals surface area contributed by atoms with Crippen LogP contribution < -0.4 is 10.2 Å². The van der Waals surface area contributed by atoms with E-state index in [4.69, 9.17) is 9.97 Å². The van der Waals surface area contributed by atoms with Crippen LogP contribution in [0.4, 0.5) is 11.8 Å². The molecular weight excluding hydrogens is 388 g/mol. The van der Waals surface area contributed by atoms with Gasteiger partial charge in [-0.05, 0) is 65.5 Å². The van der Waals surface area contributed by atoms with Gasteiger partial charge in [-0.3, -0.25) is 0 Å². The van der Waals surface area contributed by atoms with Crippen LogP contribution in [0.5, 0.6) is 0 Å². The predicted molar refractivity (Wildman–Crippen MR) is 127 cm³/mol. The molecule has 2 atom stereocenters. The van der Waals surface area contributed by atoms with E-state index < -0.39 is 0 Å². The van der Waals surface area contributed by atoms with Gasteiger partial charge < -0.3 is 20.2 Å². The first kappa shape index (κ1) is 22.2. The van der Waals surface area contributed by atoms with Gasteiger partial charge >= 0.3 is 0 Å². The van der Waals surface area contributed by atoms with Crippen LogP contribution >= 0.6 is 0 Å². The lowest BCUT2D eigenvalue weighted by molar-refractivity contribution is 0.122. The number of pyridine rings is 1. The van der Waals surface area contributed by atoms with E-state index in [0.29, 0.717) is 23.9 Å². The second-order valence-corrected chi connectivity index (χ2v) is 9.68. The highest BCUT2D eigenvalue weighted by atomic mass is 16.3. The van der Waals surface area contributed by atoms with Gasteiger partial charge in [0.05, 0.1) is 17.0 Å². The lowest BCUT2D eigenvalue weighted by Crippen LogP contribution is -2.31. The number of hydrogen-bond acceptors (Lipinski definition) is 7. The Labute approximate surface area is 186 Å². The molecule has 0 radical (unpaired) electrons. The zero-order valence-electron chi connectivity index (χ0n) is 19.5. The molecule has 0 bridgehead atoms. The number of likely N-dealkylation sites (N-methyl/N-ethyl adjacent to an activating group) is 1. The van der Waals surface area contributed by atoms with Crippen molar-refractivity contribution in [3.8, 4) is 0 Å². The Morgan fingerprint density at radius 1 is 1.16 bits per heavy atom. The second-order valence-electron chi connectivity index (χ2n) is 9.68. The van der Waals surface area contributed by atoms with Crippen molar-refractivity contribution in [1.82, 2.24) is 19.9 Å². The maximum Gasteiger partial charge on any atom is 0.223 e. The fourth-order valence-corrected chi connectivity index (χ4v) is 5.12. The van der Waals surface area contributed by atoms with Gasteiger partial charge in [0.25, 0.3) is 0 Å². The molecule has 2 aliphatic rings. The van der Waals surface area contributed by atoms with Gasteiger partial charge in [0.1, 0.15) is 5.82 Å². The van der Waals surface area contributed by atoms with Crippen LogP contribution in [0.1, 0.15) is 70.3 Å². The van der Waals surface area contributed by atoms with Crippen molar-refractivity contribution in [3.05, 3.63) is 18.0 Å². The zero-order valence-corrected chi connectivity index (χ0v) is 19.5. The minimum Gasteiger partial charge on any atom is -0.393 e. The van der Waals surface area contributed by atoms with Gasteiger partial charge in [-0.25, -0.2) is 15.0 Å². The molecule has 0 spiro atoms. The maximum atomic E-state index is 9.98. The lowest BCUT2D eigenvalue weighted by Gasteiger charge is -2.27. The number of aliphatic hydroxyl groups is 1. The summed E-state index contributed by atoms with van der Waals surface area (Å²) < 4.78 is 0. The molecule has 31 heavy (non-hydrogen) atoms. The van der Waals surface area contributed by atoms with Gasteiger partial charge in [-0.1, -0.05) is 13.3 Å². The monoisotopic (exact) mass is 426 g/mol. The summed E-state index contributed by atoms with van der Waals surface area (Å²) in [5, 5.41) is 14.5. The molecule has 2 aromatic rings. The zero-order chi connectivity index (χ0) is 22.0. The van der Waals surface area contributed by atoms with Gasteiger partial charge in [0.15, 0.2) is 0 Å². The largest absolute Gasteiger partial charge is 0.393 e. The van der Waals surface area contributed by atoms with Crippen LogP contribution in [0.15, 0.2) is 12.4 Å². The second kappa shape index (κ2) is 9.65. The van der Waals surface area contributed by atoms with Crippen molar-refractivity contribution in [3.63, 3.8) is 0 Å². The first-order chi connectivity index (χ1) is 15.0. The van der Waals surface area contributed by atoms with Crippen molar-refractivity contribution < 1.29 is 5.11 Å². The Kier molecular flexibility index (Phi) is 6.92. The highest BCUT2D eigenvalue weighted by molar-refractivity contribution is 5.92. The Bertz CT molecular complexity index is 880. The Balaban J connectivity index is 1.70. The first-order valence-electron chi connectivity index (χ1n) is 12.0. The number of anilines is 2. The van der Waals surface area contributed by atoms with Crippen molar-refractivity contribution in [1.29, 1.82) is 0 Å². The number of fused-ring (bicyclic) bond motifs is 1. The number of hydrogen-bond donors (Lipinski definition) is 2. The molecule has 1 aliphatic carbocycles. The van der Waals surface area contributed by atoms with E-state index in [9.17, 15) is 5.11 Å². The van der Waals surface area contributed by atoms with Crippen molar-refractivity contribution in [2.24, 2.45) is 0 Å². The fourth-order valence-electron chi connectivity index (χ4n) is 5.12. The van der Waals surface area contributed by atoms with Gasteiger partial charge in [-0.15, -0.1) is 0 Å². The summed E-state index contributed by atoms with van der Waals surface area (Å²) in [6, 6.07) is 0.893. The Morgan fingerprint density at radius 3 is 2.61 bits per heavy atom. The van der Waals surface area contributed by atoms with Crippen molar-refractivity contribution in [2.45, 2.75) is 82.9 Å². The van der Waals surface area contributed by atoms with Crippen molar-refractivity contribution in [2.75, 3.05) is 37.4 Å². The van der Waals surface area contributed by atoms with E-state index in [1.807, 2.05) is 6.20 Å². The highest BCUT2D eigenvalue weighted by Crippen LogP contribution is 2.38. The van der Waals surface area contributed by atoms with E-state index in [1.165, 1.54) is 5.56 Å². The molecule has 2 aromatic heterocycles. The molecule has 0 amide bonds. The summed E-state index contributed by atoms with van der Waals surface area (Å²) in [4.78, 5) is 19.3. The fraction of sp³-hybridized carbons (Fsp3) is 0.708. The average Bonchev–Trinajstić information content (AvgIpc) is 3.24. The summed E-state index contributed by atoms with van der Waals surface area (Å²) in [6.07, 6.45) is 10.9. The molecular formula is C24H38N6O. The van der Waals surface area contributed by atoms with Crippen LogP contribution in [0.3, 0.4) is 0 Å². The van der Waals surface area contributed by atoms with Crippen molar-refractivity contribution >= 4 is 22.7 Å². The molecule has 2 fully saturated rings. The summed E-state index contributed by atoms with van der Waals surface area (Å²) in [7, 11) is 4.30. The van der Waals surface area contributed by atoms with Gasteiger partial charge in [-0.2, -0.15) is 0 Å².